The maximum Gasteiger partial charge on any atom is 0.112 e. The maximum atomic E-state index is 6.88. The molecule has 0 amide bonds. The lowest BCUT2D eigenvalue weighted by Crippen LogP contribution is -2.00. The van der Waals surface area contributed by atoms with Gasteiger partial charge in [0.25, 0.3) is 0 Å². The molecule has 0 aliphatic carbocycles. The van der Waals surface area contributed by atoms with Gasteiger partial charge in [-0.15, -0.1) is 0 Å². The van der Waals surface area contributed by atoms with Crippen LogP contribution >= 0.6 is 55.1 Å². The van der Waals surface area contributed by atoms with Crippen LogP contribution in [-0.4, -0.2) is 9.78 Å². The van der Waals surface area contributed by atoms with Crippen LogP contribution < -0.4 is 0 Å². The van der Waals surface area contributed by atoms with Crippen molar-refractivity contribution in [3.8, 4) is 28.2 Å². The van der Waals surface area contributed by atoms with E-state index in [-0.39, 0.29) is 0 Å². The molecule has 4 rings (SSSR count). The molecule has 0 aliphatic heterocycles. The molecule has 0 saturated carbocycles. The maximum absolute atomic E-state index is 6.88. The first-order valence-corrected chi connectivity index (χ1v) is 10.8. The Morgan fingerprint density at radius 2 is 1.46 bits per heavy atom. The van der Waals surface area contributed by atoms with Crippen LogP contribution in [0.3, 0.4) is 0 Å². The molecule has 4 aromatic rings. The Morgan fingerprint density at radius 1 is 0.821 bits per heavy atom. The van der Waals surface area contributed by atoms with Crippen molar-refractivity contribution < 1.29 is 0 Å². The van der Waals surface area contributed by atoms with E-state index in [1.165, 1.54) is 0 Å². The zero-order chi connectivity index (χ0) is 19.8. The molecule has 1 aromatic heterocycles. The lowest BCUT2D eigenvalue weighted by atomic mass is 10.1. The van der Waals surface area contributed by atoms with Crippen LogP contribution in [0.4, 0.5) is 0 Å². The topological polar surface area (TPSA) is 17.8 Å². The average Bonchev–Trinajstić information content (AvgIpc) is 3.01. The van der Waals surface area contributed by atoms with Gasteiger partial charge in [-0.05, 0) is 48.9 Å². The summed E-state index contributed by atoms with van der Waals surface area (Å²) in [6.07, 6.45) is 0. The number of aromatic nitrogens is 2. The number of nitrogens with zero attached hydrogens (tertiary/aromatic N) is 2. The van der Waals surface area contributed by atoms with Crippen LogP contribution in [0.25, 0.3) is 28.2 Å². The van der Waals surface area contributed by atoms with Gasteiger partial charge in [0.2, 0.25) is 0 Å². The Labute approximate surface area is 190 Å². The third kappa shape index (κ3) is 3.79. The molecule has 1 heterocycles. The van der Waals surface area contributed by atoms with E-state index in [1.54, 1.807) is 0 Å². The lowest BCUT2D eigenvalue weighted by Gasteiger charge is -2.10. The molecule has 0 atom stereocenters. The van der Waals surface area contributed by atoms with E-state index in [9.17, 15) is 0 Å². The van der Waals surface area contributed by atoms with Gasteiger partial charge in [-0.25, -0.2) is 4.68 Å². The van der Waals surface area contributed by atoms with Gasteiger partial charge < -0.3 is 0 Å². The fourth-order valence-electron chi connectivity index (χ4n) is 3.00. The monoisotopic (exact) mass is 534 g/mol. The molecule has 0 spiro atoms. The summed E-state index contributed by atoms with van der Waals surface area (Å²) in [5, 5.41) is 6.14. The molecular formula is C22H14Br2Cl2N2. The molecule has 140 valence electrons. The minimum atomic E-state index is 0.591. The Hall–Kier alpha value is -1.59. The quantitative estimate of drug-likeness (QED) is 0.257. The number of aryl methyl sites for hydroxylation is 1. The number of hydrogen-bond acceptors (Lipinski definition) is 1. The third-order valence-electron chi connectivity index (χ3n) is 4.42. The minimum absolute atomic E-state index is 0.591. The summed E-state index contributed by atoms with van der Waals surface area (Å²) in [5.41, 5.74) is 5.30. The molecule has 3 aromatic carbocycles. The van der Waals surface area contributed by atoms with Crippen molar-refractivity contribution in [1.29, 1.82) is 0 Å². The first kappa shape index (κ1) is 19.7. The van der Waals surface area contributed by atoms with Crippen LogP contribution in [0, 0.1) is 6.92 Å². The largest absolute Gasteiger partial charge is 0.231 e. The lowest BCUT2D eigenvalue weighted by molar-refractivity contribution is 0.891. The highest BCUT2D eigenvalue weighted by atomic mass is 79.9. The van der Waals surface area contributed by atoms with Gasteiger partial charge in [0, 0.05) is 25.1 Å². The van der Waals surface area contributed by atoms with Crippen LogP contribution in [0.15, 0.2) is 75.7 Å². The van der Waals surface area contributed by atoms with Crippen LogP contribution in [0.1, 0.15) is 5.56 Å². The zero-order valence-corrected chi connectivity index (χ0v) is 19.4. The molecule has 0 unspecified atom stereocenters. The van der Waals surface area contributed by atoms with E-state index in [1.807, 2.05) is 78.3 Å². The fourth-order valence-corrected chi connectivity index (χ4v) is 4.31. The Kier molecular flexibility index (Phi) is 5.66. The number of hydrogen-bond donors (Lipinski definition) is 0. The average molecular weight is 537 g/mol. The number of rotatable bonds is 3. The summed E-state index contributed by atoms with van der Waals surface area (Å²) in [6.45, 7) is 1.98. The molecule has 28 heavy (non-hydrogen) atoms. The van der Waals surface area contributed by atoms with Gasteiger partial charge in [0.1, 0.15) is 5.69 Å². The van der Waals surface area contributed by atoms with E-state index in [2.05, 4.69) is 31.9 Å². The van der Waals surface area contributed by atoms with Crippen LogP contribution in [0.2, 0.25) is 10.0 Å². The molecule has 0 aliphatic rings. The van der Waals surface area contributed by atoms with Crippen LogP contribution in [-0.2, 0) is 0 Å². The predicted molar refractivity (Wildman–Crippen MR) is 125 cm³/mol. The fraction of sp³-hybridized carbons (Fsp3) is 0.0455. The Balaban J connectivity index is 2.00. The van der Waals surface area contributed by atoms with Crippen molar-refractivity contribution >= 4 is 55.1 Å². The van der Waals surface area contributed by atoms with E-state index >= 15 is 0 Å². The molecule has 2 nitrogen and oxygen atoms in total. The number of benzene rings is 3. The molecule has 0 fully saturated rings. The van der Waals surface area contributed by atoms with Crippen molar-refractivity contribution in [3.63, 3.8) is 0 Å². The molecular weight excluding hydrogens is 523 g/mol. The second-order valence-corrected chi connectivity index (χ2v) is 8.99. The summed E-state index contributed by atoms with van der Waals surface area (Å²) in [7, 11) is 0. The molecule has 0 radical (unpaired) electrons. The molecule has 0 saturated heterocycles. The van der Waals surface area contributed by atoms with Crippen molar-refractivity contribution in [1.82, 2.24) is 9.78 Å². The Morgan fingerprint density at radius 3 is 2.11 bits per heavy atom. The van der Waals surface area contributed by atoms with Gasteiger partial charge >= 0.3 is 0 Å². The molecule has 0 bridgehead atoms. The van der Waals surface area contributed by atoms with Crippen molar-refractivity contribution in [2.45, 2.75) is 6.92 Å². The number of halogens is 4. The second kappa shape index (κ2) is 8.03. The zero-order valence-electron chi connectivity index (χ0n) is 14.8. The van der Waals surface area contributed by atoms with E-state index in [4.69, 9.17) is 28.3 Å². The van der Waals surface area contributed by atoms with Crippen LogP contribution in [0.5, 0.6) is 0 Å². The second-order valence-electron chi connectivity index (χ2n) is 6.38. The highest BCUT2D eigenvalue weighted by molar-refractivity contribution is 9.10. The minimum Gasteiger partial charge on any atom is -0.231 e. The highest BCUT2D eigenvalue weighted by Gasteiger charge is 2.21. The van der Waals surface area contributed by atoms with E-state index < -0.39 is 0 Å². The van der Waals surface area contributed by atoms with Crippen molar-refractivity contribution in [2.24, 2.45) is 0 Å². The van der Waals surface area contributed by atoms with Gasteiger partial charge in [-0.1, -0.05) is 85.4 Å². The SMILES string of the molecule is Cc1ccc(-n2nc(-c3cccc(Br)c3)c(Cl)c2-c2cccc(Br)c2)cc1Cl. The van der Waals surface area contributed by atoms with E-state index in [0.717, 1.165) is 42.7 Å². The first-order chi connectivity index (χ1) is 13.4. The first-order valence-electron chi connectivity index (χ1n) is 8.51. The smallest absolute Gasteiger partial charge is 0.112 e. The summed E-state index contributed by atoms with van der Waals surface area (Å²) in [4.78, 5) is 0. The van der Waals surface area contributed by atoms with E-state index in [0.29, 0.717) is 10.0 Å². The summed E-state index contributed by atoms with van der Waals surface area (Å²) in [6, 6.07) is 21.8. The summed E-state index contributed by atoms with van der Waals surface area (Å²) >= 11 is 20.3. The van der Waals surface area contributed by atoms with Gasteiger partial charge in [0.05, 0.1) is 16.4 Å². The standard InChI is InChI=1S/C22H14Br2Cl2N2/c1-13-8-9-18(12-19(13)25)28-22(15-5-3-7-17(24)11-15)20(26)21(27-28)14-4-2-6-16(23)10-14/h2-12H,1H3. The summed E-state index contributed by atoms with van der Waals surface area (Å²) in [5.74, 6) is 0. The third-order valence-corrected chi connectivity index (χ3v) is 6.18. The van der Waals surface area contributed by atoms with Gasteiger partial charge in [-0.2, -0.15) is 5.10 Å². The van der Waals surface area contributed by atoms with Gasteiger partial charge in [0.15, 0.2) is 0 Å². The predicted octanol–water partition coefficient (Wildman–Crippen LogP) is 8.35. The highest BCUT2D eigenvalue weighted by Crippen LogP contribution is 2.39. The Bertz CT molecular complexity index is 1190. The molecule has 6 heteroatoms. The molecule has 0 N–H and O–H groups in total. The van der Waals surface area contributed by atoms with Crippen molar-refractivity contribution in [3.05, 3.63) is 91.3 Å². The van der Waals surface area contributed by atoms with Gasteiger partial charge in [-0.3, -0.25) is 0 Å². The summed E-state index contributed by atoms with van der Waals surface area (Å²) < 4.78 is 3.80. The van der Waals surface area contributed by atoms with Crippen molar-refractivity contribution in [2.75, 3.05) is 0 Å². The normalized spacial score (nSPS) is 11.0.